The van der Waals surface area contributed by atoms with E-state index < -0.39 is 6.10 Å². The zero-order chi connectivity index (χ0) is 13.7. The first kappa shape index (κ1) is 14.3. The summed E-state index contributed by atoms with van der Waals surface area (Å²) >= 11 is 7.47. The molecule has 1 aromatic carbocycles. The Hall–Kier alpha value is -1.10. The molecule has 2 nitrogen and oxygen atoms in total. The zero-order valence-electron chi connectivity index (χ0n) is 10.1. The van der Waals surface area contributed by atoms with Gasteiger partial charge in [-0.3, -0.25) is 4.98 Å². The van der Waals surface area contributed by atoms with Crippen molar-refractivity contribution < 1.29 is 9.50 Å². The van der Waals surface area contributed by atoms with Gasteiger partial charge in [0, 0.05) is 29.5 Å². The van der Waals surface area contributed by atoms with Gasteiger partial charge in [0.05, 0.1) is 11.1 Å². The summed E-state index contributed by atoms with van der Waals surface area (Å²) in [6.07, 6.45) is 3.20. The second-order valence-electron chi connectivity index (χ2n) is 4.09. The molecular formula is C14H13ClFNOS. The summed E-state index contributed by atoms with van der Waals surface area (Å²) in [5, 5.41) is 10.5. The van der Waals surface area contributed by atoms with Crippen molar-refractivity contribution in [1.29, 1.82) is 0 Å². The summed E-state index contributed by atoms with van der Waals surface area (Å²) in [6.45, 7) is 0. The van der Waals surface area contributed by atoms with E-state index in [1.807, 2.05) is 0 Å². The van der Waals surface area contributed by atoms with E-state index in [1.165, 1.54) is 23.9 Å². The fraction of sp³-hybridized carbons (Fsp3) is 0.214. The third kappa shape index (κ3) is 4.49. The highest BCUT2D eigenvalue weighted by atomic mass is 35.5. The van der Waals surface area contributed by atoms with Crippen LogP contribution in [0.25, 0.3) is 0 Å². The lowest BCUT2D eigenvalue weighted by molar-refractivity contribution is 0.200. The lowest BCUT2D eigenvalue weighted by atomic mass is 10.1. The molecule has 1 unspecified atom stereocenters. The van der Waals surface area contributed by atoms with E-state index in [1.54, 1.807) is 30.6 Å². The Morgan fingerprint density at radius 2 is 2.00 bits per heavy atom. The molecule has 0 aliphatic rings. The maximum absolute atomic E-state index is 12.7. The molecule has 19 heavy (non-hydrogen) atoms. The van der Waals surface area contributed by atoms with Crippen LogP contribution in [-0.2, 0) is 6.42 Å². The van der Waals surface area contributed by atoms with Crippen LogP contribution in [0.5, 0.6) is 0 Å². The Labute approximate surface area is 120 Å². The molecule has 0 radical (unpaired) electrons. The lowest BCUT2D eigenvalue weighted by Crippen LogP contribution is -2.13. The molecule has 1 N–H and O–H groups in total. The van der Waals surface area contributed by atoms with Crippen molar-refractivity contribution in [1.82, 2.24) is 4.98 Å². The Balaban J connectivity index is 1.86. The van der Waals surface area contributed by atoms with Crippen LogP contribution in [0.4, 0.5) is 4.39 Å². The van der Waals surface area contributed by atoms with Crippen molar-refractivity contribution in [2.75, 3.05) is 5.75 Å². The number of benzene rings is 1. The summed E-state index contributed by atoms with van der Waals surface area (Å²) < 4.78 is 12.7. The summed E-state index contributed by atoms with van der Waals surface area (Å²) in [4.78, 5) is 4.83. The summed E-state index contributed by atoms with van der Waals surface area (Å²) in [6, 6.07) is 8.02. The fourth-order valence-electron chi connectivity index (χ4n) is 1.61. The van der Waals surface area contributed by atoms with Crippen molar-refractivity contribution in [2.24, 2.45) is 0 Å². The van der Waals surface area contributed by atoms with Gasteiger partial charge in [-0.05, 0) is 35.9 Å². The van der Waals surface area contributed by atoms with Crippen molar-refractivity contribution in [2.45, 2.75) is 17.4 Å². The molecule has 0 bridgehead atoms. The molecule has 0 spiro atoms. The van der Waals surface area contributed by atoms with E-state index in [0.717, 1.165) is 10.5 Å². The van der Waals surface area contributed by atoms with Gasteiger partial charge in [-0.25, -0.2) is 4.39 Å². The molecule has 1 heterocycles. The van der Waals surface area contributed by atoms with Gasteiger partial charge in [0.15, 0.2) is 0 Å². The summed E-state index contributed by atoms with van der Waals surface area (Å²) in [5.74, 6) is 0.276. The van der Waals surface area contributed by atoms with Gasteiger partial charge in [-0.2, -0.15) is 0 Å². The first-order valence-corrected chi connectivity index (χ1v) is 7.16. The minimum absolute atomic E-state index is 0.256. The largest absolute Gasteiger partial charge is 0.392 e. The predicted molar refractivity (Wildman–Crippen MR) is 76.1 cm³/mol. The number of aromatic nitrogens is 1. The minimum Gasteiger partial charge on any atom is -0.392 e. The molecule has 1 atom stereocenters. The SMILES string of the molecule is OC(CSc1ccc(F)cc1)Cc1ccncc1Cl. The summed E-state index contributed by atoms with van der Waals surface area (Å²) in [7, 11) is 0. The van der Waals surface area contributed by atoms with Crippen molar-refractivity contribution in [3.8, 4) is 0 Å². The molecule has 0 aliphatic heterocycles. The van der Waals surface area contributed by atoms with E-state index in [-0.39, 0.29) is 5.82 Å². The molecule has 2 rings (SSSR count). The monoisotopic (exact) mass is 297 g/mol. The highest BCUT2D eigenvalue weighted by Crippen LogP contribution is 2.21. The van der Waals surface area contributed by atoms with Crippen LogP contribution in [0.3, 0.4) is 0 Å². The standard InChI is InChI=1S/C14H13ClFNOS/c15-14-8-17-6-5-10(14)7-12(18)9-19-13-3-1-11(16)2-4-13/h1-6,8,12,18H,7,9H2. The van der Waals surface area contributed by atoms with E-state index in [2.05, 4.69) is 4.98 Å². The van der Waals surface area contributed by atoms with Gasteiger partial charge in [0.25, 0.3) is 0 Å². The van der Waals surface area contributed by atoms with Crippen LogP contribution in [0.15, 0.2) is 47.6 Å². The number of aliphatic hydroxyl groups is 1. The predicted octanol–water partition coefficient (Wildman–Crippen LogP) is 3.57. The quantitative estimate of drug-likeness (QED) is 0.857. The van der Waals surface area contributed by atoms with Crippen molar-refractivity contribution in [3.05, 3.63) is 59.1 Å². The number of halogens is 2. The molecule has 0 amide bonds. The highest BCUT2D eigenvalue weighted by molar-refractivity contribution is 7.99. The Morgan fingerprint density at radius 1 is 1.26 bits per heavy atom. The van der Waals surface area contributed by atoms with Gasteiger partial charge in [-0.15, -0.1) is 11.8 Å². The molecular weight excluding hydrogens is 285 g/mol. The molecule has 2 aromatic rings. The topological polar surface area (TPSA) is 33.1 Å². The zero-order valence-corrected chi connectivity index (χ0v) is 11.7. The molecule has 0 saturated carbocycles. The fourth-order valence-corrected chi connectivity index (χ4v) is 2.63. The van der Waals surface area contributed by atoms with Crippen LogP contribution < -0.4 is 0 Å². The van der Waals surface area contributed by atoms with Crippen LogP contribution in [0, 0.1) is 5.82 Å². The first-order valence-electron chi connectivity index (χ1n) is 5.80. The number of nitrogens with zero attached hydrogens (tertiary/aromatic N) is 1. The third-order valence-corrected chi connectivity index (χ3v) is 4.07. The van der Waals surface area contributed by atoms with Gasteiger partial charge in [-0.1, -0.05) is 11.6 Å². The van der Waals surface area contributed by atoms with Crippen LogP contribution >= 0.6 is 23.4 Å². The number of aliphatic hydroxyl groups excluding tert-OH is 1. The molecule has 5 heteroatoms. The van der Waals surface area contributed by atoms with E-state index in [4.69, 9.17) is 11.6 Å². The van der Waals surface area contributed by atoms with E-state index in [9.17, 15) is 9.50 Å². The van der Waals surface area contributed by atoms with E-state index >= 15 is 0 Å². The van der Waals surface area contributed by atoms with Gasteiger partial charge in [0.2, 0.25) is 0 Å². The minimum atomic E-state index is -0.505. The smallest absolute Gasteiger partial charge is 0.123 e. The number of hydrogen-bond donors (Lipinski definition) is 1. The second-order valence-corrected chi connectivity index (χ2v) is 5.59. The highest BCUT2D eigenvalue weighted by Gasteiger charge is 2.09. The van der Waals surface area contributed by atoms with Gasteiger partial charge < -0.3 is 5.11 Å². The average Bonchev–Trinajstić information content (AvgIpc) is 2.41. The average molecular weight is 298 g/mol. The number of pyridine rings is 1. The molecule has 100 valence electrons. The number of thioether (sulfide) groups is 1. The Kier molecular flexibility index (Phi) is 5.19. The van der Waals surface area contributed by atoms with Crippen molar-refractivity contribution in [3.63, 3.8) is 0 Å². The first-order chi connectivity index (χ1) is 9.15. The maximum atomic E-state index is 12.7. The Morgan fingerprint density at radius 3 is 2.68 bits per heavy atom. The van der Waals surface area contributed by atoms with Gasteiger partial charge >= 0.3 is 0 Å². The molecule has 1 aromatic heterocycles. The normalized spacial score (nSPS) is 12.4. The number of hydrogen-bond acceptors (Lipinski definition) is 3. The second kappa shape index (κ2) is 6.89. The van der Waals surface area contributed by atoms with Crippen LogP contribution in [-0.4, -0.2) is 21.9 Å². The van der Waals surface area contributed by atoms with Gasteiger partial charge in [0.1, 0.15) is 5.82 Å². The maximum Gasteiger partial charge on any atom is 0.123 e. The lowest BCUT2D eigenvalue weighted by Gasteiger charge is -2.11. The van der Waals surface area contributed by atoms with Crippen LogP contribution in [0.1, 0.15) is 5.56 Å². The third-order valence-electron chi connectivity index (χ3n) is 2.57. The van der Waals surface area contributed by atoms with Crippen molar-refractivity contribution >= 4 is 23.4 Å². The summed E-state index contributed by atoms with van der Waals surface area (Å²) in [5.41, 5.74) is 0.879. The number of rotatable bonds is 5. The van der Waals surface area contributed by atoms with Crippen LogP contribution in [0.2, 0.25) is 5.02 Å². The van der Waals surface area contributed by atoms with E-state index in [0.29, 0.717) is 17.2 Å². The molecule has 0 saturated heterocycles. The molecule has 0 fully saturated rings. The Bertz CT molecular complexity index is 535. The molecule has 0 aliphatic carbocycles.